The van der Waals surface area contributed by atoms with Gasteiger partial charge in [-0.2, -0.15) is 0 Å². The molecule has 0 radical (unpaired) electrons. The Balaban J connectivity index is 2.00. The van der Waals surface area contributed by atoms with Gasteiger partial charge in [-0.1, -0.05) is 42.8 Å². The van der Waals surface area contributed by atoms with E-state index in [1.165, 1.54) is 0 Å². The van der Waals surface area contributed by atoms with Crippen LogP contribution >= 0.6 is 0 Å². The highest BCUT2D eigenvalue weighted by atomic mass is 32.2. The van der Waals surface area contributed by atoms with Crippen LogP contribution in [0.2, 0.25) is 0 Å². The third kappa shape index (κ3) is 6.27. The predicted molar refractivity (Wildman–Crippen MR) is 112 cm³/mol. The third-order valence-electron chi connectivity index (χ3n) is 4.26. The van der Waals surface area contributed by atoms with Gasteiger partial charge in [-0.15, -0.1) is 0 Å². The van der Waals surface area contributed by atoms with Crippen molar-refractivity contribution in [3.8, 4) is 5.75 Å². The number of carbonyl (C=O) groups is 1. The Morgan fingerprint density at radius 1 is 1.14 bits per heavy atom. The molecule has 0 fully saturated rings. The summed E-state index contributed by atoms with van der Waals surface area (Å²) in [6.45, 7) is 5.78. The van der Waals surface area contributed by atoms with Gasteiger partial charge in [0.05, 0.1) is 18.0 Å². The van der Waals surface area contributed by atoms with Crippen LogP contribution in [0.1, 0.15) is 25.0 Å². The molecule has 1 N–H and O–H groups in total. The summed E-state index contributed by atoms with van der Waals surface area (Å²) < 4.78 is 31.4. The molecule has 2 rings (SSSR count). The van der Waals surface area contributed by atoms with Gasteiger partial charge in [-0.3, -0.25) is 9.10 Å². The van der Waals surface area contributed by atoms with Crippen molar-refractivity contribution < 1.29 is 17.9 Å². The fourth-order valence-corrected chi connectivity index (χ4v) is 3.67. The van der Waals surface area contributed by atoms with E-state index in [9.17, 15) is 13.2 Å². The highest BCUT2D eigenvalue weighted by molar-refractivity contribution is 7.92. The first-order valence-electron chi connectivity index (χ1n) is 9.25. The number of rotatable bonds is 9. The Bertz CT molecular complexity index is 895. The highest BCUT2D eigenvalue weighted by Gasteiger charge is 2.23. The average molecular weight is 405 g/mol. The molecule has 7 heteroatoms. The zero-order valence-corrected chi connectivity index (χ0v) is 17.6. The van der Waals surface area contributed by atoms with Crippen molar-refractivity contribution in [1.29, 1.82) is 0 Å². The topological polar surface area (TPSA) is 75.7 Å². The highest BCUT2D eigenvalue weighted by Crippen LogP contribution is 2.23. The third-order valence-corrected chi connectivity index (χ3v) is 5.38. The molecule has 0 saturated carbocycles. The number of nitrogens with zero attached hydrogens (tertiary/aromatic N) is 1. The van der Waals surface area contributed by atoms with Gasteiger partial charge >= 0.3 is 0 Å². The molecule has 2 aromatic carbocycles. The standard InChI is InChI=1S/C21H28N2O4S/c1-5-18-8-6-7-9-20(18)23(28(4,25)26)14-21(24)22-17(3)15-27-19-12-10-16(2)11-13-19/h6-13,17H,5,14-15H2,1-4H3,(H,22,24). The number of hydrogen-bond donors (Lipinski definition) is 1. The number of ether oxygens (including phenoxy) is 1. The number of para-hydroxylation sites is 1. The summed E-state index contributed by atoms with van der Waals surface area (Å²) in [5.41, 5.74) is 2.55. The molecule has 0 heterocycles. The molecule has 0 saturated heterocycles. The Morgan fingerprint density at radius 3 is 2.39 bits per heavy atom. The van der Waals surface area contributed by atoms with Crippen LogP contribution in [0.25, 0.3) is 0 Å². The van der Waals surface area contributed by atoms with Crippen LogP contribution < -0.4 is 14.4 Å². The molecule has 28 heavy (non-hydrogen) atoms. The minimum atomic E-state index is -3.60. The van der Waals surface area contributed by atoms with E-state index in [1.54, 1.807) is 12.1 Å². The van der Waals surface area contributed by atoms with Crippen LogP contribution in [0.3, 0.4) is 0 Å². The molecule has 6 nitrogen and oxygen atoms in total. The zero-order chi connectivity index (χ0) is 20.7. The van der Waals surface area contributed by atoms with Gasteiger partial charge < -0.3 is 10.1 Å². The molecule has 0 bridgehead atoms. The second kappa shape index (κ2) is 9.59. The fraction of sp³-hybridized carbons (Fsp3) is 0.381. The number of hydrogen-bond acceptors (Lipinski definition) is 4. The number of anilines is 1. The molecule has 0 aliphatic heterocycles. The van der Waals surface area contributed by atoms with Gasteiger partial charge in [0.1, 0.15) is 18.9 Å². The fourth-order valence-electron chi connectivity index (χ4n) is 2.78. The van der Waals surface area contributed by atoms with Gasteiger partial charge in [0.25, 0.3) is 0 Å². The summed E-state index contributed by atoms with van der Waals surface area (Å²) >= 11 is 0. The maximum absolute atomic E-state index is 12.5. The van der Waals surface area contributed by atoms with Crippen molar-refractivity contribution in [2.75, 3.05) is 23.7 Å². The number of sulfonamides is 1. The molecule has 1 atom stereocenters. The van der Waals surface area contributed by atoms with E-state index in [-0.39, 0.29) is 18.5 Å². The second-order valence-corrected chi connectivity index (χ2v) is 8.75. The van der Waals surface area contributed by atoms with Crippen molar-refractivity contribution in [2.45, 2.75) is 33.2 Å². The molecule has 1 amide bonds. The lowest BCUT2D eigenvalue weighted by Gasteiger charge is -2.25. The van der Waals surface area contributed by atoms with E-state index in [1.807, 2.05) is 57.2 Å². The molecule has 152 valence electrons. The molecular weight excluding hydrogens is 376 g/mol. The van der Waals surface area contributed by atoms with Crippen LogP contribution in [0.5, 0.6) is 5.75 Å². The number of carbonyl (C=O) groups excluding carboxylic acids is 1. The van der Waals surface area contributed by atoms with Crippen LogP contribution in [0, 0.1) is 6.92 Å². The van der Waals surface area contributed by atoms with Crippen LogP contribution in [0.4, 0.5) is 5.69 Å². The van der Waals surface area contributed by atoms with Crippen molar-refractivity contribution >= 4 is 21.6 Å². The minimum Gasteiger partial charge on any atom is -0.491 e. The molecule has 2 aromatic rings. The summed E-state index contributed by atoms with van der Waals surface area (Å²) in [4.78, 5) is 12.5. The number of aryl methyl sites for hydroxylation is 2. The SMILES string of the molecule is CCc1ccccc1N(CC(=O)NC(C)COc1ccc(C)cc1)S(C)(=O)=O. The number of benzene rings is 2. The molecule has 0 aliphatic carbocycles. The number of nitrogens with one attached hydrogen (secondary N) is 1. The summed E-state index contributed by atoms with van der Waals surface area (Å²) in [5, 5.41) is 2.80. The van der Waals surface area contributed by atoms with Crippen molar-refractivity contribution in [2.24, 2.45) is 0 Å². The molecule has 0 aliphatic rings. The van der Waals surface area contributed by atoms with Gasteiger partial charge in [0.2, 0.25) is 15.9 Å². The van der Waals surface area contributed by atoms with Gasteiger partial charge in [-0.25, -0.2) is 8.42 Å². The second-order valence-electron chi connectivity index (χ2n) is 6.84. The number of amides is 1. The monoisotopic (exact) mass is 404 g/mol. The lowest BCUT2D eigenvalue weighted by atomic mass is 10.1. The van der Waals surface area contributed by atoms with E-state index < -0.39 is 10.0 Å². The van der Waals surface area contributed by atoms with Crippen molar-refractivity contribution in [3.05, 3.63) is 59.7 Å². The van der Waals surface area contributed by atoms with Gasteiger partial charge in [0.15, 0.2) is 0 Å². The van der Waals surface area contributed by atoms with E-state index in [0.717, 1.165) is 27.4 Å². The summed E-state index contributed by atoms with van der Waals surface area (Å²) in [6.07, 6.45) is 1.78. The molecule has 0 spiro atoms. The van der Waals surface area contributed by atoms with Crippen molar-refractivity contribution in [1.82, 2.24) is 5.32 Å². The Hall–Kier alpha value is -2.54. The minimum absolute atomic E-state index is 0.267. The maximum Gasteiger partial charge on any atom is 0.241 e. The van der Waals surface area contributed by atoms with E-state index in [4.69, 9.17) is 4.74 Å². The van der Waals surface area contributed by atoms with Crippen LogP contribution in [-0.2, 0) is 21.2 Å². The Labute approximate surface area is 167 Å². The van der Waals surface area contributed by atoms with E-state index >= 15 is 0 Å². The maximum atomic E-state index is 12.5. The van der Waals surface area contributed by atoms with E-state index in [2.05, 4.69) is 5.32 Å². The quantitative estimate of drug-likeness (QED) is 0.697. The van der Waals surface area contributed by atoms with Crippen LogP contribution in [-0.4, -0.2) is 39.8 Å². The van der Waals surface area contributed by atoms with Crippen LogP contribution in [0.15, 0.2) is 48.5 Å². The smallest absolute Gasteiger partial charge is 0.241 e. The van der Waals surface area contributed by atoms with E-state index in [0.29, 0.717) is 18.7 Å². The first kappa shape index (κ1) is 21.8. The predicted octanol–water partition coefficient (Wildman–Crippen LogP) is 2.91. The largest absolute Gasteiger partial charge is 0.491 e. The summed E-state index contributed by atoms with van der Waals surface area (Å²) in [5.74, 6) is 0.345. The summed E-state index contributed by atoms with van der Waals surface area (Å²) in [6, 6.07) is 14.6. The first-order chi connectivity index (χ1) is 13.2. The first-order valence-corrected chi connectivity index (χ1v) is 11.1. The normalized spacial score (nSPS) is 12.3. The average Bonchev–Trinajstić information content (AvgIpc) is 2.65. The van der Waals surface area contributed by atoms with Gasteiger partial charge in [-0.05, 0) is 44.0 Å². The molecular formula is C21H28N2O4S. The van der Waals surface area contributed by atoms with Crippen molar-refractivity contribution in [3.63, 3.8) is 0 Å². The summed E-state index contributed by atoms with van der Waals surface area (Å²) in [7, 11) is -3.60. The lowest BCUT2D eigenvalue weighted by molar-refractivity contribution is -0.120. The molecule has 1 unspecified atom stereocenters. The zero-order valence-electron chi connectivity index (χ0n) is 16.8. The Kier molecular flexibility index (Phi) is 7.45. The lowest BCUT2D eigenvalue weighted by Crippen LogP contribution is -2.45. The Morgan fingerprint density at radius 2 is 1.79 bits per heavy atom. The van der Waals surface area contributed by atoms with Gasteiger partial charge in [0, 0.05) is 0 Å². The molecule has 0 aromatic heterocycles.